The fraction of sp³-hybridized carbons (Fsp3) is 0.375. The molecule has 1 aromatic carbocycles. The topological polar surface area (TPSA) is 72.0 Å². The molecule has 6 heteroatoms. The van der Waals surface area contributed by atoms with Gasteiger partial charge < -0.3 is 5.32 Å². The maximum Gasteiger partial charge on any atom is 0.178 e. The number of rotatable bonds is 3. The Balaban J connectivity index is 2.10. The van der Waals surface area contributed by atoms with Crippen LogP contribution in [-0.4, -0.2) is 37.7 Å². The highest BCUT2D eigenvalue weighted by molar-refractivity contribution is 7.90. The third-order valence-corrected chi connectivity index (χ3v) is 5.01. The van der Waals surface area contributed by atoms with Crippen molar-refractivity contribution in [3.05, 3.63) is 42.2 Å². The first-order chi connectivity index (χ1) is 10.6. The third-order valence-electron chi connectivity index (χ3n) is 3.90. The molecule has 1 saturated heterocycles. The number of benzene rings is 1. The highest BCUT2D eigenvalue weighted by atomic mass is 32.2. The van der Waals surface area contributed by atoms with Gasteiger partial charge in [0, 0.05) is 30.5 Å². The Bertz CT molecular complexity index is 754. The van der Waals surface area contributed by atoms with Crippen LogP contribution in [0.15, 0.2) is 41.4 Å². The summed E-state index contributed by atoms with van der Waals surface area (Å²) in [5.74, 6) is 0.692. The fourth-order valence-electron chi connectivity index (χ4n) is 2.77. The maximum absolute atomic E-state index is 12.0. The molecule has 1 aromatic heterocycles. The Morgan fingerprint density at radius 2 is 2.00 bits per heavy atom. The smallest absolute Gasteiger partial charge is 0.178 e. The minimum atomic E-state index is -3.33. The molecular weight excluding hydrogens is 298 g/mol. The van der Waals surface area contributed by atoms with E-state index in [1.807, 2.05) is 30.3 Å². The van der Waals surface area contributed by atoms with Gasteiger partial charge in [0.15, 0.2) is 15.7 Å². The van der Waals surface area contributed by atoms with E-state index in [4.69, 9.17) is 0 Å². The summed E-state index contributed by atoms with van der Waals surface area (Å²) in [6, 6.07) is 9.63. The predicted octanol–water partition coefficient (Wildman–Crippen LogP) is 2.01. The van der Waals surface area contributed by atoms with Crippen molar-refractivity contribution in [1.29, 1.82) is 0 Å². The second-order valence-electron chi connectivity index (χ2n) is 5.62. The average molecular weight is 317 g/mol. The second kappa shape index (κ2) is 6.14. The summed E-state index contributed by atoms with van der Waals surface area (Å²) in [5, 5.41) is 3.32. The van der Waals surface area contributed by atoms with E-state index in [-0.39, 0.29) is 10.8 Å². The first kappa shape index (κ1) is 15.1. The number of nitrogens with zero attached hydrogens (tertiary/aromatic N) is 2. The minimum Gasteiger partial charge on any atom is -0.316 e. The minimum absolute atomic E-state index is 0.115. The molecule has 1 aliphatic rings. The molecule has 0 aliphatic carbocycles. The molecule has 22 heavy (non-hydrogen) atoms. The molecule has 2 heterocycles. The van der Waals surface area contributed by atoms with Gasteiger partial charge in [-0.3, -0.25) is 0 Å². The lowest BCUT2D eigenvalue weighted by molar-refractivity contribution is 0.448. The molecule has 116 valence electrons. The van der Waals surface area contributed by atoms with Crippen molar-refractivity contribution < 1.29 is 8.42 Å². The standard InChI is InChI=1S/C16H19N3O2S/c1-22(20,21)14-11-18-16(12-6-3-2-4-7-12)19-15(14)13-8-5-9-17-10-13/h2-4,6-7,11,13,17H,5,8-10H2,1H3. The molecule has 1 atom stereocenters. The van der Waals surface area contributed by atoms with Crippen molar-refractivity contribution in [2.24, 2.45) is 0 Å². The molecular formula is C16H19N3O2S. The number of piperidine rings is 1. The molecule has 1 N–H and O–H groups in total. The summed E-state index contributed by atoms with van der Waals surface area (Å²) < 4.78 is 24.1. The van der Waals surface area contributed by atoms with Gasteiger partial charge in [0.25, 0.3) is 0 Å². The van der Waals surface area contributed by atoms with Crippen molar-refractivity contribution in [3.63, 3.8) is 0 Å². The number of hydrogen-bond donors (Lipinski definition) is 1. The van der Waals surface area contributed by atoms with E-state index in [1.165, 1.54) is 12.5 Å². The molecule has 1 fully saturated rings. The number of sulfone groups is 1. The van der Waals surface area contributed by atoms with Crippen LogP contribution in [-0.2, 0) is 9.84 Å². The van der Waals surface area contributed by atoms with E-state index in [1.54, 1.807) is 0 Å². The molecule has 1 unspecified atom stereocenters. The van der Waals surface area contributed by atoms with Crippen LogP contribution in [0.5, 0.6) is 0 Å². The van der Waals surface area contributed by atoms with Crippen LogP contribution < -0.4 is 5.32 Å². The Hall–Kier alpha value is -1.79. The van der Waals surface area contributed by atoms with E-state index < -0.39 is 9.84 Å². The van der Waals surface area contributed by atoms with Crippen LogP contribution in [0.25, 0.3) is 11.4 Å². The Kier molecular flexibility index (Phi) is 4.22. The molecule has 0 saturated carbocycles. The monoisotopic (exact) mass is 317 g/mol. The van der Waals surface area contributed by atoms with Crippen LogP contribution in [0.1, 0.15) is 24.5 Å². The van der Waals surface area contributed by atoms with Gasteiger partial charge in [-0.05, 0) is 19.4 Å². The third kappa shape index (κ3) is 3.18. The van der Waals surface area contributed by atoms with Gasteiger partial charge >= 0.3 is 0 Å². The average Bonchev–Trinajstić information content (AvgIpc) is 2.55. The summed E-state index contributed by atoms with van der Waals surface area (Å²) in [5.41, 5.74) is 1.54. The van der Waals surface area contributed by atoms with Crippen molar-refractivity contribution in [2.75, 3.05) is 19.3 Å². The summed E-state index contributed by atoms with van der Waals surface area (Å²) in [4.78, 5) is 9.11. The molecule has 2 aromatic rings. The molecule has 0 bridgehead atoms. The van der Waals surface area contributed by atoms with E-state index >= 15 is 0 Å². The molecule has 0 spiro atoms. The SMILES string of the molecule is CS(=O)(=O)c1cnc(-c2ccccc2)nc1C1CCCNC1. The molecule has 5 nitrogen and oxygen atoms in total. The van der Waals surface area contributed by atoms with Crippen LogP contribution in [0.4, 0.5) is 0 Å². The molecule has 3 rings (SSSR count). The lowest BCUT2D eigenvalue weighted by Crippen LogP contribution is -2.30. The van der Waals surface area contributed by atoms with Gasteiger partial charge in [0.05, 0.1) is 5.69 Å². The van der Waals surface area contributed by atoms with Crippen LogP contribution in [0, 0.1) is 0 Å². The van der Waals surface area contributed by atoms with Gasteiger partial charge in [0.1, 0.15) is 4.90 Å². The molecule has 1 aliphatic heterocycles. The normalized spacial score (nSPS) is 19.0. The predicted molar refractivity (Wildman–Crippen MR) is 85.4 cm³/mol. The number of hydrogen-bond acceptors (Lipinski definition) is 5. The van der Waals surface area contributed by atoms with Crippen LogP contribution in [0.2, 0.25) is 0 Å². The quantitative estimate of drug-likeness (QED) is 0.937. The van der Waals surface area contributed by atoms with Crippen molar-refractivity contribution >= 4 is 9.84 Å². The zero-order valence-electron chi connectivity index (χ0n) is 12.5. The Morgan fingerprint density at radius 1 is 1.23 bits per heavy atom. The first-order valence-electron chi connectivity index (χ1n) is 7.39. The Labute approximate surface area is 130 Å². The van der Waals surface area contributed by atoms with Crippen molar-refractivity contribution in [2.45, 2.75) is 23.7 Å². The zero-order valence-corrected chi connectivity index (χ0v) is 13.3. The maximum atomic E-state index is 12.0. The van der Waals surface area contributed by atoms with Gasteiger partial charge in [-0.25, -0.2) is 18.4 Å². The molecule has 0 radical (unpaired) electrons. The van der Waals surface area contributed by atoms with Gasteiger partial charge in [-0.1, -0.05) is 30.3 Å². The summed E-state index contributed by atoms with van der Waals surface area (Å²) in [6.45, 7) is 1.73. The lowest BCUT2D eigenvalue weighted by Gasteiger charge is -2.24. The van der Waals surface area contributed by atoms with Gasteiger partial charge in [0.2, 0.25) is 0 Å². The van der Waals surface area contributed by atoms with Crippen molar-refractivity contribution in [3.8, 4) is 11.4 Å². The summed E-state index contributed by atoms with van der Waals surface area (Å²) in [6.07, 6.45) is 4.64. The Morgan fingerprint density at radius 3 is 2.64 bits per heavy atom. The molecule has 0 amide bonds. The zero-order chi connectivity index (χ0) is 15.6. The number of aromatic nitrogens is 2. The summed E-state index contributed by atoms with van der Waals surface area (Å²) >= 11 is 0. The highest BCUT2D eigenvalue weighted by Crippen LogP contribution is 2.28. The van der Waals surface area contributed by atoms with Crippen LogP contribution >= 0.6 is 0 Å². The summed E-state index contributed by atoms with van der Waals surface area (Å²) in [7, 11) is -3.33. The van der Waals surface area contributed by atoms with Gasteiger partial charge in [-0.15, -0.1) is 0 Å². The first-order valence-corrected chi connectivity index (χ1v) is 9.28. The number of nitrogens with one attached hydrogen (secondary N) is 1. The fourth-order valence-corrected chi connectivity index (χ4v) is 3.61. The van der Waals surface area contributed by atoms with Crippen molar-refractivity contribution in [1.82, 2.24) is 15.3 Å². The highest BCUT2D eigenvalue weighted by Gasteiger charge is 2.25. The van der Waals surface area contributed by atoms with Crippen LogP contribution in [0.3, 0.4) is 0 Å². The largest absolute Gasteiger partial charge is 0.316 e. The van der Waals surface area contributed by atoms with Gasteiger partial charge in [-0.2, -0.15) is 0 Å². The van der Waals surface area contributed by atoms with E-state index in [0.29, 0.717) is 11.5 Å². The van der Waals surface area contributed by atoms with E-state index in [0.717, 1.165) is 31.5 Å². The van der Waals surface area contributed by atoms with E-state index in [9.17, 15) is 8.42 Å². The van der Waals surface area contributed by atoms with E-state index in [2.05, 4.69) is 15.3 Å². The lowest BCUT2D eigenvalue weighted by atomic mass is 9.96. The second-order valence-corrected chi connectivity index (χ2v) is 7.61.